The lowest BCUT2D eigenvalue weighted by Crippen LogP contribution is -2.67. The van der Waals surface area contributed by atoms with Crippen LogP contribution in [0.5, 0.6) is 5.75 Å². The molecule has 2 aromatic heterocycles. The molecular formula is C76H100FN17O18. The maximum absolute atomic E-state index is 15.5. The highest BCUT2D eigenvalue weighted by Crippen LogP contribution is 2.33. The summed E-state index contributed by atoms with van der Waals surface area (Å²) in [6.45, 7) is 9.73. The van der Waals surface area contributed by atoms with Crippen LogP contribution in [0.15, 0.2) is 97.5 Å². The number of nitrogens with zero attached hydrogens (tertiary/aromatic N) is 5. The molecule has 0 saturated carbocycles. The number of aliphatic hydroxyl groups excluding tert-OH is 3. The zero-order valence-electron chi connectivity index (χ0n) is 63.4. The van der Waals surface area contributed by atoms with Gasteiger partial charge in [-0.05, 0) is 145 Å². The summed E-state index contributed by atoms with van der Waals surface area (Å²) in [6, 6.07) is 10.6. The van der Waals surface area contributed by atoms with Crippen LogP contribution in [0.2, 0.25) is 0 Å². The summed E-state index contributed by atoms with van der Waals surface area (Å²) in [5.74, 6) is -14.5. The predicted molar refractivity (Wildman–Crippen MR) is 401 cm³/mol. The second kappa shape index (κ2) is 41.4. The molecule has 1 aliphatic rings. The Balaban J connectivity index is 1.04. The highest BCUT2D eigenvalue weighted by molar-refractivity contribution is 6.07. The number of H-pyrrole nitrogens is 2. The number of aliphatic carboxylic acids is 2. The molecule has 604 valence electrons. The highest BCUT2D eigenvalue weighted by Gasteiger charge is 2.50. The first-order valence-corrected chi connectivity index (χ1v) is 36.7. The van der Waals surface area contributed by atoms with E-state index < -0.39 is 168 Å². The van der Waals surface area contributed by atoms with Crippen molar-refractivity contribution in [3.8, 4) is 16.9 Å². The molecule has 6 aromatic rings. The van der Waals surface area contributed by atoms with E-state index in [4.69, 9.17) is 10.5 Å². The lowest BCUT2D eigenvalue weighted by Gasteiger charge is -2.34. The summed E-state index contributed by atoms with van der Waals surface area (Å²) < 4.78 is 21.5. The fraction of sp³-hybridized carbons (Fsp3) is 0.474. The summed E-state index contributed by atoms with van der Waals surface area (Å²) >= 11 is 0. The molecule has 18 N–H and O–H groups in total. The van der Waals surface area contributed by atoms with E-state index in [2.05, 4.69) is 78.4 Å². The molecule has 112 heavy (non-hydrogen) atoms. The number of ether oxygens (including phenoxy) is 1. The van der Waals surface area contributed by atoms with Crippen LogP contribution in [-0.4, -0.2) is 231 Å². The summed E-state index contributed by atoms with van der Waals surface area (Å²) in [7, 11) is 0. The third-order valence-electron chi connectivity index (χ3n) is 19.0. The normalized spacial score (nSPS) is 16.2. The van der Waals surface area contributed by atoms with Gasteiger partial charge in [0.15, 0.2) is 5.82 Å². The molecule has 35 nitrogen and oxygen atoms in total. The van der Waals surface area contributed by atoms with Gasteiger partial charge in [0.05, 0.1) is 44.7 Å². The second-order valence-electron chi connectivity index (χ2n) is 28.2. The topological polar surface area (TPSA) is 536 Å². The molecule has 1 aliphatic heterocycles. The average molecular weight is 1560 g/mol. The number of hydrogen-bond donors (Lipinski definition) is 17. The number of hydrogen-bond acceptors (Lipinski definition) is 21. The summed E-state index contributed by atoms with van der Waals surface area (Å²) in [6.07, 6.45) is 0.272. The number of halogens is 1. The first-order valence-electron chi connectivity index (χ1n) is 36.7. The third kappa shape index (κ3) is 25.2. The zero-order chi connectivity index (χ0) is 82.0. The van der Waals surface area contributed by atoms with Crippen LogP contribution in [0.3, 0.4) is 0 Å². The van der Waals surface area contributed by atoms with Gasteiger partial charge in [-0.1, -0.05) is 90.0 Å². The van der Waals surface area contributed by atoms with Crippen LogP contribution in [0.4, 0.5) is 4.39 Å². The van der Waals surface area contributed by atoms with Gasteiger partial charge < -0.3 is 93.7 Å². The number of imidazole rings is 1. The zero-order valence-corrected chi connectivity index (χ0v) is 63.4. The van der Waals surface area contributed by atoms with Crippen molar-refractivity contribution in [1.82, 2.24) is 83.3 Å². The van der Waals surface area contributed by atoms with Gasteiger partial charge in [0, 0.05) is 50.7 Å². The van der Waals surface area contributed by atoms with Crippen LogP contribution < -0.4 is 58.3 Å². The standard InChI is InChI=1S/C76H100FN17O18/c1-8-48-34-52(112-29-12-11-26-78)22-23-53(48)49-20-18-46(19-21-49)33-56(66(102)82-55(71(107)108)17-13-14-47-31-42(2)30-43(3)32-47)83-67(103)58(36-62(99)100)84-68(104)59(40-95)85-69(105)63(44(4)96)88-73(110)76(7,37-50-15-9-10-16-54(50)77)89-70(106)64(45(5)97)87-61(98)39-80-65(101)57(35-60-90-92-93-91-60)86-72(109)75(6)25-28-94(74(75)111)27-24-51-38-79-41-81-51/h9-10,15-16,18-23,30-32,34,38,41,44-45,55-59,63-64,95-97H,8,11-14,17,24-29,33,35-37,39-40,78H2,1-7H3,(H,79,81)(H,80,101)(H,82,102)(H,83,103)(H,84,104)(H,85,105)(H,86,109)(H,87,98)(H,88,110)(H,89,106)(H,99,100)(H,107,108)(H,90,91,92,93)/t44-,45-,55+,56+,57+,58+,59+,63+,64+,75-,76+/m1/s1. The van der Waals surface area contributed by atoms with E-state index in [1.165, 1.54) is 36.4 Å². The molecule has 7 rings (SSSR count). The van der Waals surface area contributed by atoms with E-state index in [0.717, 1.165) is 78.8 Å². The minimum Gasteiger partial charge on any atom is -0.494 e. The van der Waals surface area contributed by atoms with Gasteiger partial charge in [-0.2, -0.15) is 5.21 Å². The Morgan fingerprint density at radius 2 is 1.38 bits per heavy atom. The highest BCUT2D eigenvalue weighted by atomic mass is 19.1. The number of aromatic nitrogens is 6. The Morgan fingerprint density at radius 1 is 0.723 bits per heavy atom. The van der Waals surface area contributed by atoms with Gasteiger partial charge in [0.25, 0.3) is 0 Å². The second-order valence-corrected chi connectivity index (χ2v) is 28.2. The molecule has 0 bridgehead atoms. The first kappa shape index (κ1) is 87.6. The van der Waals surface area contributed by atoms with Crippen molar-refractivity contribution in [3.05, 3.63) is 148 Å². The van der Waals surface area contributed by atoms with Crippen LogP contribution in [0.1, 0.15) is 118 Å². The predicted octanol–water partition coefficient (Wildman–Crippen LogP) is -0.744. The smallest absolute Gasteiger partial charge is 0.326 e. The number of aliphatic hydroxyl groups is 3. The Morgan fingerprint density at radius 3 is 2.00 bits per heavy atom. The maximum Gasteiger partial charge on any atom is 0.326 e. The van der Waals surface area contributed by atoms with Gasteiger partial charge in [-0.3, -0.25) is 52.7 Å². The molecule has 1 saturated heterocycles. The van der Waals surface area contributed by atoms with Crippen LogP contribution >= 0.6 is 0 Å². The van der Waals surface area contributed by atoms with Gasteiger partial charge in [0.2, 0.25) is 59.1 Å². The van der Waals surface area contributed by atoms with E-state index in [1.54, 1.807) is 30.5 Å². The van der Waals surface area contributed by atoms with Crippen molar-refractivity contribution in [1.29, 1.82) is 0 Å². The quantitative estimate of drug-likeness (QED) is 0.0165. The van der Waals surface area contributed by atoms with Crippen LogP contribution in [0.25, 0.3) is 11.1 Å². The number of nitrogens with two attached hydrogens (primary N) is 1. The summed E-state index contributed by atoms with van der Waals surface area (Å²) in [4.78, 5) is 175. The van der Waals surface area contributed by atoms with Crippen molar-refractivity contribution in [3.63, 3.8) is 0 Å². The summed E-state index contributed by atoms with van der Waals surface area (Å²) in [5.41, 5.74) is 8.19. The van der Waals surface area contributed by atoms with Crippen molar-refractivity contribution in [2.24, 2.45) is 11.1 Å². The average Bonchev–Trinajstić information content (AvgIpc) is 1.56. The lowest BCUT2D eigenvalue weighted by atomic mass is 9.87. The van der Waals surface area contributed by atoms with E-state index in [0.29, 0.717) is 50.1 Å². The Bertz CT molecular complexity index is 4240. The van der Waals surface area contributed by atoms with Gasteiger partial charge in [0.1, 0.15) is 64.8 Å². The minimum absolute atomic E-state index is 0.0468. The molecule has 0 spiro atoms. The molecule has 0 radical (unpaired) electrons. The SMILES string of the molecule is CCc1cc(OCCCCN)ccc1-c1ccc(C[C@H](NC(=O)[C@H](CC(=O)O)NC(=O)[C@H](CO)NC(=O)[C@@H](NC(=O)[C@](C)(Cc2ccccc2F)NC(=O)[C@@H](NC(=O)CNC(=O)[C@H](Cc2nn[nH]n2)NC(=O)[C@@]2(C)CCN(CCc3cnc[nH]3)C2=O)[C@@H](C)O)[C@@H](C)O)C(=O)N[C@@H](CCCc2cc(C)cc(C)c2)C(=O)O)cc1. The molecule has 4 aromatic carbocycles. The van der Waals surface area contributed by atoms with E-state index in [1.807, 2.05) is 57.2 Å². The van der Waals surface area contributed by atoms with Crippen molar-refractivity contribution in [2.75, 3.05) is 39.4 Å². The molecule has 36 heteroatoms. The largest absolute Gasteiger partial charge is 0.494 e. The monoisotopic (exact) mass is 1560 g/mol. The Hall–Kier alpha value is -11.6. The number of carboxylic acids is 2. The fourth-order valence-electron chi connectivity index (χ4n) is 12.7. The van der Waals surface area contributed by atoms with Crippen molar-refractivity contribution in [2.45, 2.75) is 186 Å². The van der Waals surface area contributed by atoms with Gasteiger partial charge in [-0.15, -0.1) is 10.2 Å². The van der Waals surface area contributed by atoms with E-state index in [-0.39, 0.29) is 50.2 Å². The molecule has 0 aliphatic carbocycles. The molecule has 3 heterocycles. The fourth-order valence-corrected chi connectivity index (χ4v) is 12.7. The number of benzene rings is 4. The molecular weight excluding hydrogens is 1460 g/mol. The number of amides is 10. The Kier molecular flexibility index (Phi) is 32.4. The lowest BCUT2D eigenvalue weighted by molar-refractivity contribution is -0.146. The number of carbonyl (C=O) groups excluding carboxylic acids is 10. The molecule has 1 fully saturated rings. The Labute approximate surface area is 645 Å². The van der Waals surface area contributed by atoms with E-state index in [9.17, 15) is 83.1 Å². The number of likely N-dealkylation sites (tertiary alicyclic amines) is 1. The number of nitrogens with one attached hydrogen (secondary N) is 11. The number of tetrazole rings is 1. The van der Waals surface area contributed by atoms with Crippen LogP contribution in [-0.2, 0) is 96.1 Å². The number of aryl methyl sites for hydroxylation is 4. The molecule has 10 amide bonds. The van der Waals surface area contributed by atoms with Crippen LogP contribution in [0, 0.1) is 25.1 Å². The number of aromatic amines is 2. The number of carbonyl (C=O) groups is 12. The molecule has 0 unspecified atom stereocenters. The summed E-state index contributed by atoms with van der Waals surface area (Å²) in [5, 5.41) is 87.6. The van der Waals surface area contributed by atoms with E-state index >= 15 is 4.39 Å². The van der Waals surface area contributed by atoms with Crippen molar-refractivity contribution >= 4 is 71.0 Å². The van der Waals surface area contributed by atoms with Gasteiger partial charge >= 0.3 is 11.9 Å². The third-order valence-corrected chi connectivity index (χ3v) is 19.0. The first-order chi connectivity index (χ1) is 53.2. The minimum atomic E-state index is -2.40. The number of carboxylic acid groups (broad SMARTS) is 2. The number of unbranched alkanes of at least 4 members (excludes halogenated alkanes) is 1. The molecule has 11 atom stereocenters. The van der Waals surface area contributed by atoms with Gasteiger partial charge in [-0.25, -0.2) is 14.2 Å². The number of rotatable bonds is 44. The maximum atomic E-state index is 15.5. The van der Waals surface area contributed by atoms with Crippen molar-refractivity contribution < 1.29 is 92.2 Å².